The summed E-state index contributed by atoms with van der Waals surface area (Å²) in [4.78, 5) is 53.0. The van der Waals surface area contributed by atoms with Crippen LogP contribution in [-0.2, 0) is 23.7 Å². The van der Waals surface area contributed by atoms with Gasteiger partial charge in [0, 0.05) is 66.5 Å². The number of hydrogen-bond donors (Lipinski definition) is 5. The Hall–Kier alpha value is -7.48. The van der Waals surface area contributed by atoms with Gasteiger partial charge in [0.2, 0.25) is 5.78 Å². The summed E-state index contributed by atoms with van der Waals surface area (Å²) in [5, 5.41) is 45.5. The summed E-state index contributed by atoms with van der Waals surface area (Å²) in [6.45, 7) is 9.11. The van der Waals surface area contributed by atoms with Crippen molar-refractivity contribution in [2.24, 2.45) is 19.8 Å². The van der Waals surface area contributed by atoms with Crippen molar-refractivity contribution in [2.45, 2.75) is 102 Å². The van der Waals surface area contributed by atoms with Gasteiger partial charge in [-0.3, -0.25) is 23.7 Å². The van der Waals surface area contributed by atoms with Gasteiger partial charge in [-0.25, -0.2) is 4.79 Å². The number of carbonyl (C=O) groups is 4. The maximum atomic E-state index is 13.2. The molecule has 17 nitrogen and oxygen atoms in total. The van der Waals surface area contributed by atoms with Gasteiger partial charge in [0.05, 0.1) is 45.4 Å². The molecular formula is C66H72Cl2N8O9. The van der Waals surface area contributed by atoms with Gasteiger partial charge in [0.15, 0.2) is 0 Å². The molecule has 2 saturated heterocycles. The number of nitrogens with zero attached hydrogens (tertiary/aromatic N) is 6. The molecular weight excluding hydrogens is 1120 g/mol. The first-order chi connectivity index (χ1) is 40.9. The summed E-state index contributed by atoms with van der Waals surface area (Å²) in [6, 6.07) is 35.3. The molecule has 6 N–H and O–H groups in total. The summed E-state index contributed by atoms with van der Waals surface area (Å²) < 4.78 is 15.2. The molecule has 4 aliphatic rings. The number of amides is 1. The van der Waals surface area contributed by atoms with E-state index in [0.717, 1.165) is 132 Å². The third kappa shape index (κ3) is 15.0. The Morgan fingerprint density at radius 3 is 1.41 bits per heavy atom. The molecule has 0 radical (unpaired) electrons. The number of benzene rings is 6. The molecule has 12 rings (SSSR count). The highest BCUT2D eigenvalue weighted by Gasteiger charge is 2.31. The van der Waals surface area contributed by atoms with Gasteiger partial charge < -0.3 is 45.6 Å². The number of carboxylic acid groups (broad SMARTS) is 1. The number of carbonyl (C=O) groups excluding carboxylic acids is 3. The lowest BCUT2D eigenvalue weighted by Gasteiger charge is -2.28. The van der Waals surface area contributed by atoms with Crippen LogP contribution in [0.3, 0.4) is 0 Å². The maximum Gasteiger partial charge on any atom is 0.377 e. The fourth-order valence-corrected chi connectivity index (χ4v) is 11.2. The van der Waals surface area contributed by atoms with E-state index in [4.69, 9.17) is 43.5 Å². The van der Waals surface area contributed by atoms with Crippen molar-refractivity contribution in [2.75, 3.05) is 39.3 Å². The van der Waals surface area contributed by atoms with Crippen LogP contribution in [0, 0.1) is 13.8 Å². The predicted octanol–water partition coefficient (Wildman–Crippen LogP) is 10.4. The van der Waals surface area contributed by atoms with E-state index in [-0.39, 0.29) is 23.3 Å². The first kappa shape index (κ1) is 60.6. The van der Waals surface area contributed by atoms with Gasteiger partial charge in [0.25, 0.3) is 11.7 Å². The number of aliphatic hydroxyl groups is 2. The van der Waals surface area contributed by atoms with Crippen molar-refractivity contribution < 1.29 is 44.0 Å². The van der Waals surface area contributed by atoms with Crippen molar-refractivity contribution in [1.82, 2.24) is 34.7 Å². The summed E-state index contributed by atoms with van der Waals surface area (Å²) in [5.41, 5.74) is 15.7. The average molecular weight is 1190 g/mol. The number of aromatic nitrogens is 4. The van der Waals surface area contributed by atoms with Crippen molar-refractivity contribution in [3.63, 3.8) is 0 Å². The smallest absolute Gasteiger partial charge is 0.377 e. The second-order valence-corrected chi connectivity index (χ2v) is 23.5. The fourth-order valence-electron chi connectivity index (χ4n) is 10.8. The molecule has 2 saturated carbocycles. The molecule has 0 unspecified atom stereocenters. The van der Waals surface area contributed by atoms with Gasteiger partial charge in [-0.1, -0.05) is 108 Å². The molecule has 444 valence electrons. The lowest BCUT2D eigenvalue weighted by Crippen LogP contribution is -2.48. The summed E-state index contributed by atoms with van der Waals surface area (Å²) in [6.07, 6.45) is 7.57. The Morgan fingerprint density at radius 2 is 0.988 bits per heavy atom. The van der Waals surface area contributed by atoms with Gasteiger partial charge in [0.1, 0.15) is 17.6 Å². The van der Waals surface area contributed by atoms with E-state index in [1.807, 2.05) is 98.0 Å². The molecule has 4 fully saturated rings. The number of aliphatic carboxylic acids is 1. The zero-order chi connectivity index (χ0) is 60.1. The molecule has 1 amide bonds. The number of carboxylic acids is 1. The third-order valence-corrected chi connectivity index (χ3v) is 16.9. The van der Waals surface area contributed by atoms with Crippen LogP contribution in [0.25, 0.3) is 44.1 Å². The van der Waals surface area contributed by atoms with Gasteiger partial charge in [-0.05, 0) is 161 Å². The number of hydrogen-bond acceptors (Lipinski definition) is 13. The number of ketones is 2. The van der Waals surface area contributed by atoms with E-state index >= 15 is 0 Å². The normalized spacial score (nSPS) is 16.6. The lowest BCUT2D eigenvalue weighted by atomic mass is 9.99. The molecule has 0 spiro atoms. The SMILES string of the molecule is Cc1c2ccc(-c3ccc(C(=O)C(=O)N[C@H](CN4CCCC4)[C@H](O)c4ccc(OC5CC5)c(Cl)c4)cc3)cc2nn1C.Cc1c2ccc(-c3ccc(C(=O)C(=O)O)cc3)cc2nn1C.N[C@H](CN1CCCC1)[C@H](O)c1ccc(OC2CC2)c(Cl)c1. The second kappa shape index (κ2) is 26.8. The highest BCUT2D eigenvalue weighted by atomic mass is 35.5. The van der Waals surface area contributed by atoms with Crippen LogP contribution in [0.4, 0.5) is 0 Å². The largest absolute Gasteiger partial charge is 0.489 e. The Balaban J connectivity index is 0.000000157. The molecule has 4 atom stereocenters. The Kier molecular flexibility index (Phi) is 19.1. The number of aliphatic hydroxyl groups excluding tert-OH is 2. The molecule has 85 heavy (non-hydrogen) atoms. The number of Topliss-reactive ketones (excluding diaryl/α,β-unsaturated/α-hetero) is 2. The quantitative estimate of drug-likeness (QED) is 0.0375. The number of halogens is 2. The van der Waals surface area contributed by atoms with Crippen LogP contribution in [-0.4, -0.2) is 132 Å². The summed E-state index contributed by atoms with van der Waals surface area (Å²) in [7, 11) is 3.83. The Bertz CT molecular complexity index is 3720. The Morgan fingerprint density at radius 1 is 0.576 bits per heavy atom. The third-order valence-electron chi connectivity index (χ3n) is 16.3. The first-order valence-electron chi connectivity index (χ1n) is 29.1. The molecule has 2 aliphatic carbocycles. The number of ether oxygens (including phenoxy) is 2. The fraction of sp³-hybridized carbons (Fsp3) is 0.364. The lowest BCUT2D eigenvalue weighted by molar-refractivity contribution is -0.131. The molecule has 19 heteroatoms. The number of aryl methyl sites for hydroxylation is 4. The first-order valence-corrected chi connectivity index (χ1v) is 29.8. The zero-order valence-electron chi connectivity index (χ0n) is 48.2. The highest BCUT2D eigenvalue weighted by Crippen LogP contribution is 2.36. The van der Waals surface area contributed by atoms with Crippen molar-refractivity contribution in [3.8, 4) is 33.8 Å². The number of nitrogens with one attached hydrogen (secondary N) is 1. The minimum absolute atomic E-state index is 0.172. The van der Waals surface area contributed by atoms with Crippen LogP contribution in [0.15, 0.2) is 121 Å². The molecule has 4 heterocycles. The number of fused-ring (bicyclic) bond motifs is 2. The second-order valence-electron chi connectivity index (χ2n) is 22.7. The molecule has 0 bridgehead atoms. The highest BCUT2D eigenvalue weighted by molar-refractivity contribution is 6.43. The zero-order valence-corrected chi connectivity index (χ0v) is 49.7. The molecule has 8 aromatic rings. The molecule has 6 aromatic carbocycles. The van der Waals surface area contributed by atoms with Crippen molar-refractivity contribution in [3.05, 3.63) is 165 Å². The van der Waals surface area contributed by atoms with E-state index in [1.165, 1.54) is 25.0 Å². The van der Waals surface area contributed by atoms with Crippen LogP contribution in [0.5, 0.6) is 11.5 Å². The standard InChI is InChI=1S/C33H35ClN4O4.C17H14N2O3.C16H23ClN2O2/c1-20-26-13-9-23(18-28(26)36-37(20)2)21-5-7-22(8-6-21)32(40)33(41)35-29(19-38-15-3-4-16-38)31(39)24-10-14-30(27(34)17-24)42-25-11-12-25;1-10-14-8-7-13(9-15(14)18-19(10)2)11-3-5-12(6-4-11)16(20)17(21)22;17-13-9-11(3-6-15(13)21-12-4-5-12)16(20)14(18)10-19-7-1-2-8-19/h5-10,13-14,17-18,25,29,31,39H,3-4,11-12,15-16,19H2,1-2H3,(H,35,41);3-9H,1-2H3,(H,21,22);3,6,9,12,14,16,20H,1-2,4-5,7-8,10,18H2/t29-,31-;;14-,16-/m1.1/s1. The van der Waals surface area contributed by atoms with E-state index in [1.54, 1.807) is 48.5 Å². The maximum absolute atomic E-state index is 13.2. The van der Waals surface area contributed by atoms with Crippen LogP contribution >= 0.6 is 23.2 Å². The summed E-state index contributed by atoms with van der Waals surface area (Å²) >= 11 is 12.7. The van der Waals surface area contributed by atoms with Crippen LogP contribution in [0.2, 0.25) is 10.0 Å². The topological polar surface area (TPSA) is 228 Å². The predicted molar refractivity (Wildman–Crippen MR) is 329 cm³/mol. The van der Waals surface area contributed by atoms with E-state index < -0.39 is 41.7 Å². The van der Waals surface area contributed by atoms with Crippen molar-refractivity contribution in [1.29, 1.82) is 0 Å². The molecule has 2 aliphatic heterocycles. The molecule has 2 aromatic heterocycles. The number of nitrogens with two attached hydrogens (primary N) is 1. The minimum atomic E-state index is -1.45. The van der Waals surface area contributed by atoms with E-state index in [2.05, 4.69) is 25.3 Å². The van der Waals surface area contributed by atoms with Gasteiger partial charge >= 0.3 is 5.97 Å². The van der Waals surface area contributed by atoms with Crippen molar-refractivity contribution >= 4 is 68.5 Å². The van der Waals surface area contributed by atoms with E-state index in [0.29, 0.717) is 39.8 Å². The number of likely N-dealkylation sites (tertiary alicyclic amines) is 2. The van der Waals surface area contributed by atoms with Gasteiger partial charge in [-0.15, -0.1) is 0 Å². The monoisotopic (exact) mass is 1190 g/mol. The van der Waals surface area contributed by atoms with Crippen LogP contribution < -0.4 is 20.5 Å². The average Bonchev–Trinajstić information content (AvgIpc) is 4.50. The van der Waals surface area contributed by atoms with E-state index in [9.17, 15) is 29.4 Å². The van der Waals surface area contributed by atoms with Gasteiger partial charge in [-0.2, -0.15) is 10.2 Å². The minimum Gasteiger partial charge on any atom is -0.489 e. The number of rotatable bonds is 19. The Labute approximate surface area is 504 Å². The summed E-state index contributed by atoms with van der Waals surface area (Å²) in [5.74, 6) is -2.47. The van der Waals surface area contributed by atoms with Crippen LogP contribution in [0.1, 0.15) is 107 Å².